The fourth-order valence-corrected chi connectivity index (χ4v) is 3.76. The molecule has 1 aliphatic rings. The summed E-state index contributed by atoms with van der Waals surface area (Å²) in [5, 5.41) is 11.5. The summed E-state index contributed by atoms with van der Waals surface area (Å²) in [4.78, 5) is 12.7. The van der Waals surface area contributed by atoms with Crippen LogP contribution in [0.1, 0.15) is 42.6 Å². The van der Waals surface area contributed by atoms with Crippen molar-refractivity contribution in [3.8, 4) is 0 Å². The maximum Gasteiger partial charge on any atom is 0.435 e. The largest absolute Gasteiger partial charge is 0.435 e. The van der Waals surface area contributed by atoms with E-state index in [1.54, 1.807) is 23.9 Å². The van der Waals surface area contributed by atoms with Gasteiger partial charge in [0, 0.05) is 22.8 Å². The van der Waals surface area contributed by atoms with Crippen LogP contribution in [0.5, 0.6) is 0 Å². The number of benzene rings is 1. The number of carbonyl (C=O) groups is 1. The molecule has 2 heterocycles. The van der Waals surface area contributed by atoms with Crippen molar-refractivity contribution < 1.29 is 18.0 Å². The number of anilines is 1. The number of hydrogen-bond donors (Lipinski definition) is 1. The van der Waals surface area contributed by atoms with E-state index in [0.29, 0.717) is 17.3 Å². The number of nitrogens with zero attached hydrogens (tertiary/aromatic N) is 4. The zero-order valence-electron chi connectivity index (χ0n) is 17.0. The van der Waals surface area contributed by atoms with Gasteiger partial charge in [0.15, 0.2) is 11.5 Å². The van der Waals surface area contributed by atoms with E-state index in [1.165, 1.54) is 4.68 Å². The molecule has 1 aliphatic carbocycles. The minimum Gasteiger partial charge on any atom is -0.308 e. The lowest BCUT2D eigenvalue weighted by atomic mass is 10.1. The van der Waals surface area contributed by atoms with E-state index < -0.39 is 23.7 Å². The summed E-state index contributed by atoms with van der Waals surface area (Å²) in [5.41, 5.74) is 0.415. The first kappa shape index (κ1) is 22.7. The van der Waals surface area contributed by atoms with Gasteiger partial charge in [0.05, 0.1) is 19.0 Å². The summed E-state index contributed by atoms with van der Waals surface area (Å²) in [6.07, 6.45) is -1.31. The van der Waals surface area contributed by atoms with Crippen LogP contribution < -0.4 is 5.32 Å². The highest BCUT2D eigenvalue weighted by Crippen LogP contribution is 2.42. The van der Waals surface area contributed by atoms with Gasteiger partial charge in [-0.15, -0.1) is 0 Å². The Kier molecular flexibility index (Phi) is 6.22. The Morgan fingerprint density at radius 1 is 1.22 bits per heavy atom. The van der Waals surface area contributed by atoms with Crippen LogP contribution in [0.4, 0.5) is 19.0 Å². The summed E-state index contributed by atoms with van der Waals surface area (Å²) in [6.45, 7) is 2.00. The first-order chi connectivity index (χ1) is 15.1. The number of carbonyl (C=O) groups excluding carboxylic acids is 1. The molecule has 1 aromatic carbocycles. The molecular weight excluding hydrogens is 466 g/mol. The van der Waals surface area contributed by atoms with Gasteiger partial charge in [0.2, 0.25) is 5.91 Å². The molecule has 1 fully saturated rings. The van der Waals surface area contributed by atoms with Gasteiger partial charge in [0.1, 0.15) is 5.02 Å². The van der Waals surface area contributed by atoms with Crippen molar-refractivity contribution in [3.63, 3.8) is 0 Å². The van der Waals surface area contributed by atoms with Crippen LogP contribution >= 0.6 is 23.2 Å². The molecule has 0 bridgehead atoms. The molecule has 1 unspecified atom stereocenters. The van der Waals surface area contributed by atoms with Crippen molar-refractivity contribution in [1.82, 2.24) is 19.6 Å². The first-order valence-corrected chi connectivity index (χ1v) is 10.8. The number of rotatable bonds is 7. The zero-order valence-corrected chi connectivity index (χ0v) is 18.5. The molecule has 32 heavy (non-hydrogen) atoms. The standard InChI is InChI=1S/C21H20Cl2F3N5O/c1-12(9-31-17(13-6-7-13)8-18(28-31)21(24,25)26)20(32)27-19-16(23)11-30(29-19)10-14-4-2-3-5-15(14)22/h2-5,8,11-13H,6-7,9-10H2,1H3,(H,27,29,32). The molecule has 0 spiro atoms. The van der Waals surface area contributed by atoms with Gasteiger partial charge in [-0.1, -0.05) is 48.3 Å². The molecule has 6 nitrogen and oxygen atoms in total. The lowest BCUT2D eigenvalue weighted by Crippen LogP contribution is -2.26. The normalized spacial score (nSPS) is 15.1. The van der Waals surface area contributed by atoms with E-state index in [0.717, 1.165) is 24.5 Å². The Bertz CT molecular complexity index is 1140. The van der Waals surface area contributed by atoms with Crippen LogP contribution in [0.25, 0.3) is 0 Å². The number of nitrogens with one attached hydrogen (secondary N) is 1. The molecule has 1 amide bonds. The van der Waals surface area contributed by atoms with Crippen molar-refractivity contribution in [3.05, 3.63) is 63.5 Å². The third-order valence-electron chi connectivity index (χ3n) is 5.24. The van der Waals surface area contributed by atoms with Crippen LogP contribution in [0, 0.1) is 5.92 Å². The van der Waals surface area contributed by atoms with Crippen molar-refractivity contribution in [2.75, 3.05) is 5.32 Å². The average molecular weight is 486 g/mol. The smallest absolute Gasteiger partial charge is 0.308 e. The highest BCUT2D eigenvalue weighted by atomic mass is 35.5. The van der Waals surface area contributed by atoms with Gasteiger partial charge in [-0.3, -0.25) is 14.2 Å². The number of amides is 1. The Labute approximate surface area is 192 Å². The molecule has 170 valence electrons. The summed E-state index contributed by atoms with van der Waals surface area (Å²) in [6, 6.07) is 8.37. The minimum absolute atomic E-state index is 0.0195. The monoisotopic (exact) mass is 485 g/mol. The van der Waals surface area contributed by atoms with Crippen LogP contribution in [-0.2, 0) is 24.1 Å². The van der Waals surface area contributed by atoms with Crippen molar-refractivity contribution in [2.45, 2.75) is 44.9 Å². The molecule has 3 aromatic rings. The van der Waals surface area contributed by atoms with Crippen molar-refractivity contribution in [2.24, 2.45) is 5.92 Å². The second-order valence-corrected chi connectivity index (χ2v) is 8.73. The third-order valence-corrected chi connectivity index (χ3v) is 5.89. The fraction of sp³-hybridized carbons (Fsp3) is 0.381. The predicted octanol–water partition coefficient (Wildman–Crippen LogP) is 5.61. The van der Waals surface area contributed by atoms with E-state index in [1.807, 2.05) is 18.2 Å². The Hall–Kier alpha value is -2.52. The zero-order chi connectivity index (χ0) is 23.0. The molecule has 4 rings (SSSR count). The molecule has 1 atom stereocenters. The highest BCUT2D eigenvalue weighted by molar-refractivity contribution is 6.33. The average Bonchev–Trinajstić information content (AvgIpc) is 3.38. The minimum atomic E-state index is -4.53. The van der Waals surface area contributed by atoms with E-state index >= 15 is 0 Å². The SMILES string of the molecule is CC(Cn1nc(C(F)(F)F)cc1C1CC1)C(=O)Nc1nn(Cc2ccccc2Cl)cc1Cl. The van der Waals surface area contributed by atoms with E-state index in [2.05, 4.69) is 15.5 Å². The first-order valence-electron chi connectivity index (χ1n) is 10.0. The van der Waals surface area contributed by atoms with Crippen LogP contribution in [0.15, 0.2) is 36.5 Å². The Balaban J connectivity index is 1.44. The van der Waals surface area contributed by atoms with Crippen LogP contribution in [0.3, 0.4) is 0 Å². The quantitative estimate of drug-likeness (QED) is 0.473. The van der Waals surface area contributed by atoms with Gasteiger partial charge in [-0.05, 0) is 30.5 Å². The lowest BCUT2D eigenvalue weighted by molar-refractivity contribution is -0.141. The molecule has 0 aliphatic heterocycles. The van der Waals surface area contributed by atoms with Gasteiger partial charge in [0.25, 0.3) is 0 Å². The molecule has 0 radical (unpaired) electrons. The molecule has 1 N–H and O–H groups in total. The third kappa shape index (κ3) is 5.10. The van der Waals surface area contributed by atoms with E-state index in [4.69, 9.17) is 23.2 Å². The molecular formula is C21H20Cl2F3N5O. The van der Waals surface area contributed by atoms with Gasteiger partial charge < -0.3 is 5.32 Å². The van der Waals surface area contributed by atoms with E-state index in [-0.39, 0.29) is 23.3 Å². The highest BCUT2D eigenvalue weighted by Gasteiger charge is 2.38. The second kappa shape index (κ2) is 8.78. The number of halogens is 5. The molecule has 1 saturated carbocycles. The predicted molar refractivity (Wildman–Crippen MR) is 115 cm³/mol. The summed E-state index contributed by atoms with van der Waals surface area (Å²) < 4.78 is 42.1. The maximum atomic E-state index is 13.1. The summed E-state index contributed by atoms with van der Waals surface area (Å²) in [5.74, 6) is -0.836. The maximum absolute atomic E-state index is 13.1. The molecule has 0 saturated heterocycles. The van der Waals surface area contributed by atoms with Crippen LogP contribution in [-0.4, -0.2) is 25.5 Å². The van der Waals surface area contributed by atoms with Crippen LogP contribution in [0.2, 0.25) is 10.0 Å². The van der Waals surface area contributed by atoms with Crippen molar-refractivity contribution in [1.29, 1.82) is 0 Å². The van der Waals surface area contributed by atoms with Gasteiger partial charge in [-0.2, -0.15) is 23.4 Å². The number of aromatic nitrogens is 4. The number of hydrogen-bond acceptors (Lipinski definition) is 3. The summed E-state index contributed by atoms with van der Waals surface area (Å²) >= 11 is 12.4. The van der Waals surface area contributed by atoms with Gasteiger partial charge in [-0.25, -0.2) is 0 Å². The second-order valence-electron chi connectivity index (χ2n) is 7.91. The Morgan fingerprint density at radius 2 is 1.94 bits per heavy atom. The molecule has 11 heteroatoms. The molecule has 2 aromatic heterocycles. The summed E-state index contributed by atoms with van der Waals surface area (Å²) in [7, 11) is 0. The van der Waals surface area contributed by atoms with E-state index in [9.17, 15) is 18.0 Å². The van der Waals surface area contributed by atoms with Crippen molar-refractivity contribution >= 4 is 34.9 Å². The number of alkyl halides is 3. The van der Waals surface area contributed by atoms with Gasteiger partial charge >= 0.3 is 6.18 Å². The fourth-order valence-electron chi connectivity index (χ4n) is 3.37. The Morgan fingerprint density at radius 3 is 2.59 bits per heavy atom. The topological polar surface area (TPSA) is 64.7 Å². The lowest BCUT2D eigenvalue weighted by Gasteiger charge is -2.13.